The van der Waals surface area contributed by atoms with Gasteiger partial charge >= 0.3 is 0 Å². The summed E-state index contributed by atoms with van der Waals surface area (Å²) in [7, 11) is 0. The summed E-state index contributed by atoms with van der Waals surface area (Å²) in [5.74, 6) is 0.160. The van der Waals surface area contributed by atoms with Gasteiger partial charge in [-0.15, -0.1) is 0 Å². The minimum Gasteiger partial charge on any atom is -0.508 e. The van der Waals surface area contributed by atoms with Crippen molar-refractivity contribution in [2.45, 2.75) is 12.5 Å². The van der Waals surface area contributed by atoms with Crippen molar-refractivity contribution in [1.29, 1.82) is 0 Å². The maximum absolute atomic E-state index is 12.1. The zero-order valence-corrected chi connectivity index (χ0v) is 10.2. The Morgan fingerprint density at radius 1 is 1.50 bits per heavy atom. The molecule has 5 heteroatoms. The molecule has 1 aliphatic heterocycles. The van der Waals surface area contributed by atoms with E-state index in [0.29, 0.717) is 31.8 Å². The molecule has 5 nitrogen and oxygen atoms in total. The molecule has 0 aromatic heterocycles. The predicted octanol–water partition coefficient (Wildman–Crippen LogP) is 0.121. The van der Waals surface area contributed by atoms with Crippen LogP contribution in [-0.2, 0) is 16.0 Å². The SMILES string of the molecule is NCC1CN(C(=O)Cc2ccccc2O)CCO1. The lowest BCUT2D eigenvalue weighted by atomic mass is 10.1. The van der Waals surface area contributed by atoms with Gasteiger partial charge in [-0.2, -0.15) is 0 Å². The number of benzene rings is 1. The lowest BCUT2D eigenvalue weighted by Crippen LogP contribution is -2.48. The number of hydrogen-bond donors (Lipinski definition) is 2. The van der Waals surface area contributed by atoms with Crippen LogP contribution in [0.2, 0.25) is 0 Å². The summed E-state index contributed by atoms with van der Waals surface area (Å²) in [6, 6.07) is 6.89. The molecule has 1 aromatic rings. The molecule has 1 aromatic carbocycles. The molecular weight excluding hydrogens is 232 g/mol. The third-order valence-electron chi connectivity index (χ3n) is 3.09. The van der Waals surface area contributed by atoms with Crippen LogP contribution < -0.4 is 5.73 Å². The van der Waals surface area contributed by atoms with Crippen LogP contribution in [0.25, 0.3) is 0 Å². The fourth-order valence-electron chi connectivity index (χ4n) is 2.02. The fraction of sp³-hybridized carbons (Fsp3) is 0.462. The number of carbonyl (C=O) groups is 1. The fourth-order valence-corrected chi connectivity index (χ4v) is 2.02. The summed E-state index contributed by atoms with van der Waals surface area (Å²) in [5.41, 5.74) is 6.19. The van der Waals surface area contributed by atoms with Gasteiger partial charge in [0.25, 0.3) is 0 Å². The van der Waals surface area contributed by atoms with E-state index in [1.165, 1.54) is 0 Å². The van der Waals surface area contributed by atoms with Crippen LogP contribution in [-0.4, -0.2) is 48.3 Å². The van der Waals surface area contributed by atoms with Gasteiger partial charge in [0.2, 0.25) is 5.91 Å². The number of nitrogens with zero attached hydrogens (tertiary/aromatic N) is 1. The third kappa shape index (κ3) is 3.00. The summed E-state index contributed by atoms with van der Waals surface area (Å²) in [6.07, 6.45) is 0.135. The number of rotatable bonds is 3. The molecule has 1 fully saturated rings. The third-order valence-corrected chi connectivity index (χ3v) is 3.09. The quantitative estimate of drug-likeness (QED) is 0.799. The molecule has 2 rings (SSSR count). The molecule has 3 N–H and O–H groups in total. The second-order valence-electron chi connectivity index (χ2n) is 4.37. The number of nitrogens with two attached hydrogens (primary N) is 1. The molecule has 0 aliphatic carbocycles. The van der Waals surface area contributed by atoms with E-state index in [0.717, 1.165) is 0 Å². The highest BCUT2D eigenvalue weighted by molar-refractivity contribution is 5.79. The lowest BCUT2D eigenvalue weighted by molar-refractivity contribution is -0.137. The van der Waals surface area contributed by atoms with Gasteiger partial charge in [0.05, 0.1) is 19.1 Å². The topological polar surface area (TPSA) is 75.8 Å². The standard InChI is InChI=1S/C13H18N2O3/c14-8-11-9-15(5-6-18-11)13(17)7-10-3-1-2-4-12(10)16/h1-4,11,16H,5-9,14H2. The Kier molecular flexibility index (Phi) is 4.17. The van der Waals surface area contributed by atoms with Crippen molar-refractivity contribution in [1.82, 2.24) is 4.90 Å². The summed E-state index contributed by atoms with van der Waals surface area (Å²) >= 11 is 0. The second-order valence-corrected chi connectivity index (χ2v) is 4.37. The maximum Gasteiger partial charge on any atom is 0.227 e. The van der Waals surface area contributed by atoms with Crippen LogP contribution in [0.15, 0.2) is 24.3 Å². The molecule has 1 atom stereocenters. The molecular formula is C13H18N2O3. The van der Waals surface area contributed by atoms with Crippen LogP contribution in [0.5, 0.6) is 5.75 Å². The van der Waals surface area contributed by atoms with Crippen molar-refractivity contribution < 1.29 is 14.6 Å². The molecule has 98 valence electrons. The van der Waals surface area contributed by atoms with E-state index in [1.54, 1.807) is 23.1 Å². The molecule has 1 saturated heterocycles. The highest BCUT2D eigenvalue weighted by Gasteiger charge is 2.23. The van der Waals surface area contributed by atoms with Crippen LogP contribution in [0, 0.1) is 0 Å². The Morgan fingerprint density at radius 2 is 2.28 bits per heavy atom. The molecule has 1 unspecified atom stereocenters. The van der Waals surface area contributed by atoms with Crippen molar-refractivity contribution >= 4 is 5.91 Å². The highest BCUT2D eigenvalue weighted by Crippen LogP contribution is 2.17. The monoisotopic (exact) mass is 250 g/mol. The Morgan fingerprint density at radius 3 is 3.00 bits per heavy atom. The van der Waals surface area contributed by atoms with Crippen molar-refractivity contribution in [3.05, 3.63) is 29.8 Å². The molecule has 1 amide bonds. The van der Waals surface area contributed by atoms with E-state index in [2.05, 4.69) is 0 Å². The predicted molar refractivity (Wildman–Crippen MR) is 67.2 cm³/mol. The number of amides is 1. The molecule has 0 radical (unpaired) electrons. The number of phenols is 1. The number of para-hydroxylation sites is 1. The average molecular weight is 250 g/mol. The lowest BCUT2D eigenvalue weighted by Gasteiger charge is -2.32. The van der Waals surface area contributed by atoms with E-state index in [4.69, 9.17) is 10.5 Å². The first kappa shape index (κ1) is 12.9. The highest BCUT2D eigenvalue weighted by atomic mass is 16.5. The van der Waals surface area contributed by atoms with E-state index in [-0.39, 0.29) is 24.2 Å². The van der Waals surface area contributed by atoms with E-state index >= 15 is 0 Å². The normalized spacial score (nSPS) is 19.8. The minimum atomic E-state index is -0.0768. The number of morpholine rings is 1. The Hall–Kier alpha value is -1.59. The van der Waals surface area contributed by atoms with E-state index in [1.807, 2.05) is 6.07 Å². The molecule has 1 heterocycles. The van der Waals surface area contributed by atoms with Gasteiger partial charge in [0, 0.05) is 25.2 Å². The summed E-state index contributed by atoms with van der Waals surface area (Å²) in [4.78, 5) is 13.8. The maximum atomic E-state index is 12.1. The molecule has 1 aliphatic rings. The molecule has 0 spiro atoms. The van der Waals surface area contributed by atoms with Crippen LogP contribution in [0.3, 0.4) is 0 Å². The molecule has 0 saturated carbocycles. The summed E-state index contributed by atoms with van der Waals surface area (Å²) in [6.45, 7) is 2.06. The van der Waals surface area contributed by atoms with Crippen molar-refractivity contribution in [3.8, 4) is 5.75 Å². The molecule has 0 bridgehead atoms. The first-order valence-corrected chi connectivity index (χ1v) is 6.07. The largest absolute Gasteiger partial charge is 0.508 e. The molecule has 18 heavy (non-hydrogen) atoms. The van der Waals surface area contributed by atoms with Crippen LogP contribution >= 0.6 is 0 Å². The van der Waals surface area contributed by atoms with Gasteiger partial charge in [-0.25, -0.2) is 0 Å². The Bertz CT molecular complexity index is 422. The van der Waals surface area contributed by atoms with Crippen LogP contribution in [0.4, 0.5) is 0 Å². The smallest absolute Gasteiger partial charge is 0.227 e. The van der Waals surface area contributed by atoms with E-state index < -0.39 is 0 Å². The van der Waals surface area contributed by atoms with Gasteiger partial charge < -0.3 is 20.5 Å². The average Bonchev–Trinajstić information content (AvgIpc) is 2.41. The van der Waals surface area contributed by atoms with Gasteiger partial charge in [0.15, 0.2) is 0 Å². The van der Waals surface area contributed by atoms with Crippen LogP contribution in [0.1, 0.15) is 5.56 Å². The second kappa shape index (κ2) is 5.84. The zero-order chi connectivity index (χ0) is 13.0. The number of carbonyl (C=O) groups excluding carboxylic acids is 1. The van der Waals surface area contributed by atoms with Crippen molar-refractivity contribution in [2.75, 3.05) is 26.2 Å². The minimum absolute atomic E-state index is 0.00162. The van der Waals surface area contributed by atoms with E-state index in [9.17, 15) is 9.90 Å². The van der Waals surface area contributed by atoms with Gasteiger partial charge in [-0.3, -0.25) is 4.79 Å². The first-order valence-electron chi connectivity index (χ1n) is 6.07. The summed E-state index contributed by atoms with van der Waals surface area (Å²) < 4.78 is 5.41. The zero-order valence-electron chi connectivity index (χ0n) is 10.2. The first-order chi connectivity index (χ1) is 8.70. The number of ether oxygens (including phenoxy) is 1. The van der Waals surface area contributed by atoms with Gasteiger partial charge in [0.1, 0.15) is 5.75 Å². The summed E-state index contributed by atoms with van der Waals surface area (Å²) in [5, 5.41) is 9.64. The van der Waals surface area contributed by atoms with Gasteiger partial charge in [-0.1, -0.05) is 18.2 Å². The van der Waals surface area contributed by atoms with Gasteiger partial charge in [-0.05, 0) is 6.07 Å². The number of phenolic OH excluding ortho intramolecular Hbond substituents is 1. The van der Waals surface area contributed by atoms with Crippen molar-refractivity contribution in [2.24, 2.45) is 5.73 Å². The number of aromatic hydroxyl groups is 1. The Labute approximate surface area is 106 Å². The van der Waals surface area contributed by atoms with Crippen molar-refractivity contribution in [3.63, 3.8) is 0 Å². The number of hydrogen-bond acceptors (Lipinski definition) is 4. The Balaban J connectivity index is 1.97.